The van der Waals surface area contributed by atoms with Gasteiger partial charge in [-0.15, -0.1) is 0 Å². The molecule has 8 nitrogen and oxygen atoms in total. The molecule has 1 aliphatic rings. The summed E-state index contributed by atoms with van der Waals surface area (Å²) in [6.45, 7) is 1.86. The Balaban J connectivity index is 2.26. The van der Waals surface area contributed by atoms with E-state index in [0.717, 1.165) is 11.6 Å². The van der Waals surface area contributed by atoms with Crippen molar-refractivity contribution in [1.29, 1.82) is 0 Å². The first-order valence-corrected chi connectivity index (χ1v) is 9.78. The fraction of sp³-hybridized carbons (Fsp3) is 0.167. The number of nitrogens with zero attached hydrogens (tertiary/aromatic N) is 2. The maximum atomic E-state index is 12.1. The van der Waals surface area contributed by atoms with Gasteiger partial charge >= 0.3 is 16.1 Å². The number of hydrogen-bond acceptors (Lipinski definition) is 6. The smallest absolute Gasteiger partial charge is 0.335 e. The SMILES string of the molecule is Cc1ccc(N=NC2c3cccc(Cl)c3C=C(C(=O)O)C2(O)S(=O)(=O)O)cc1. The number of benzene rings is 2. The fourth-order valence-corrected chi connectivity index (χ4v) is 4.04. The number of rotatable bonds is 4. The molecule has 0 heterocycles. The Bertz CT molecular complexity index is 1110. The van der Waals surface area contributed by atoms with E-state index in [9.17, 15) is 28.0 Å². The molecule has 2 aromatic carbocycles. The molecule has 2 aromatic rings. The zero-order valence-corrected chi connectivity index (χ0v) is 16.0. The molecule has 146 valence electrons. The van der Waals surface area contributed by atoms with Crippen molar-refractivity contribution in [2.24, 2.45) is 10.2 Å². The average molecular weight is 423 g/mol. The zero-order chi connectivity index (χ0) is 20.7. The summed E-state index contributed by atoms with van der Waals surface area (Å²) < 4.78 is 33.8. The van der Waals surface area contributed by atoms with Gasteiger partial charge in [0, 0.05) is 5.02 Å². The van der Waals surface area contributed by atoms with Gasteiger partial charge in [-0.3, -0.25) is 4.55 Å². The van der Waals surface area contributed by atoms with Crippen LogP contribution in [0.3, 0.4) is 0 Å². The van der Waals surface area contributed by atoms with Crippen molar-refractivity contribution >= 4 is 39.5 Å². The number of carboxylic acid groups (broad SMARTS) is 1. The molecule has 3 N–H and O–H groups in total. The van der Waals surface area contributed by atoms with Gasteiger partial charge in [-0.05, 0) is 42.3 Å². The molecule has 0 bridgehead atoms. The monoisotopic (exact) mass is 422 g/mol. The minimum Gasteiger partial charge on any atom is -0.478 e. The highest BCUT2D eigenvalue weighted by atomic mass is 35.5. The van der Waals surface area contributed by atoms with E-state index in [0.29, 0.717) is 5.69 Å². The predicted octanol–water partition coefficient (Wildman–Crippen LogP) is 3.53. The standard InChI is InChI=1S/C18H15ClN2O6S/c1-10-5-7-11(8-6-10)20-21-16-12-3-2-4-15(19)13(12)9-14(17(22)23)18(16,24)28(25,26)27/h2-9,16,24H,1H3,(H,22,23)(H,25,26,27). The Hall–Kier alpha value is -2.59. The third kappa shape index (κ3) is 3.33. The summed E-state index contributed by atoms with van der Waals surface area (Å²) in [4.78, 5) is 8.43. The molecule has 10 heteroatoms. The van der Waals surface area contributed by atoms with Crippen LogP contribution in [-0.4, -0.2) is 34.1 Å². The molecular formula is C18H15ClN2O6S. The molecular weight excluding hydrogens is 408 g/mol. The second-order valence-corrected chi connectivity index (χ2v) is 8.21. The van der Waals surface area contributed by atoms with Crippen LogP contribution in [0.1, 0.15) is 22.7 Å². The van der Waals surface area contributed by atoms with E-state index in [4.69, 9.17) is 11.6 Å². The highest BCUT2D eigenvalue weighted by Gasteiger charge is 2.57. The van der Waals surface area contributed by atoms with E-state index in [2.05, 4.69) is 10.2 Å². The van der Waals surface area contributed by atoms with E-state index >= 15 is 0 Å². The Morgan fingerprint density at radius 1 is 1.18 bits per heavy atom. The van der Waals surface area contributed by atoms with Gasteiger partial charge in [0.15, 0.2) is 0 Å². The number of fused-ring (bicyclic) bond motifs is 1. The summed E-state index contributed by atoms with van der Waals surface area (Å²) in [7, 11) is -5.33. The molecule has 0 aromatic heterocycles. The van der Waals surface area contributed by atoms with Crippen LogP contribution in [0.5, 0.6) is 0 Å². The van der Waals surface area contributed by atoms with Crippen LogP contribution in [0.4, 0.5) is 5.69 Å². The molecule has 0 spiro atoms. The lowest BCUT2D eigenvalue weighted by molar-refractivity contribution is -0.134. The average Bonchev–Trinajstić information content (AvgIpc) is 2.61. The molecule has 2 unspecified atom stereocenters. The highest BCUT2D eigenvalue weighted by molar-refractivity contribution is 7.87. The largest absolute Gasteiger partial charge is 0.478 e. The van der Waals surface area contributed by atoms with E-state index < -0.39 is 32.6 Å². The van der Waals surface area contributed by atoms with Gasteiger partial charge < -0.3 is 10.2 Å². The lowest BCUT2D eigenvalue weighted by Crippen LogP contribution is -2.49. The van der Waals surface area contributed by atoms with Crippen LogP contribution in [0.15, 0.2) is 58.3 Å². The molecule has 3 rings (SSSR count). The summed E-state index contributed by atoms with van der Waals surface area (Å²) in [5.74, 6) is -1.75. The summed E-state index contributed by atoms with van der Waals surface area (Å²) in [6, 6.07) is 9.35. The fourth-order valence-electron chi connectivity index (χ4n) is 2.92. The topological polar surface area (TPSA) is 137 Å². The molecule has 0 aliphatic heterocycles. The normalized spacial score (nSPS) is 22.0. The summed E-state index contributed by atoms with van der Waals surface area (Å²) >= 11 is 6.12. The first kappa shape index (κ1) is 20.2. The van der Waals surface area contributed by atoms with E-state index in [1.54, 1.807) is 24.3 Å². The van der Waals surface area contributed by atoms with Gasteiger partial charge in [0.2, 0.25) is 0 Å². The molecule has 2 atom stereocenters. The van der Waals surface area contributed by atoms with Crippen molar-refractivity contribution in [2.45, 2.75) is 17.9 Å². The van der Waals surface area contributed by atoms with Crippen molar-refractivity contribution in [3.8, 4) is 0 Å². The van der Waals surface area contributed by atoms with Gasteiger partial charge in [-0.25, -0.2) is 4.79 Å². The summed E-state index contributed by atoms with van der Waals surface area (Å²) in [5, 5.41) is 28.3. The number of aliphatic carboxylic acids is 1. The van der Waals surface area contributed by atoms with Crippen LogP contribution < -0.4 is 0 Å². The van der Waals surface area contributed by atoms with Crippen molar-refractivity contribution in [3.05, 3.63) is 69.8 Å². The van der Waals surface area contributed by atoms with Crippen LogP contribution >= 0.6 is 11.6 Å². The van der Waals surface area contributed by atoms with Gasteiger partial charge in [0.05, 0.1) is 11.3 Å². The Morgan fingerprint density at radius 2 is 1.82 bits per heavy atom. The zero-order valence-electron chi connectivity index (χ0n) is 14.4. The molecule has 0 radical (unpaired) electrons. The van der Waals surface area contributed by atoms with Gasteiger partial charge in [0.1, 0.15) is 6.04 Å². The highest BCUT2D eigenvalue weighted by Crippen LogP contribution is 2.47. The van der Waals surface area contributed by atoms with Crippen molar-refractivity contribution in [1.82, 2.24) is 0 Å². The molecule has 1 aliphatic carbocycles. The first-order chi connectivity index (χ1) is 13.1. The molecule has 0 saturated carbocycles. The maximum Gasteiger partial charge on any atom is 0.335 e. The van der Waals surface area contributed by atoms with Crippen molar-refractivity contribution in [2.75, 3.05) is 0 Å². The third-order valence-electron chi connectivity index (χ3n) is 4.37. The molecule has 0 saturated heterocycles. The van der Waals surface area contributed by atoms with Crippen LogP contribution in [0.2, 0.25) is 5.02 Å². The van der Waals surface area contributed by atoms with E-state index in [1.165, 1.54) is 18.2 Å². The van der Waals surface area contributed by atoms with Gasteiger partial charge in [-0.1, -0.05) is 41.4 Å². The second kappa shape index (κ2) is 7.10. The van der Waals surface area contributed by atoms with Gasteiger partial charge in [0.25, 0.3) is 4.93 Å². The molecule has 0 fully saturated rings. The third-order valence-corrected chi connectivity index (χ3v) is 5.93. The van der Waals surface area contributed by atoms with E-state index in [-0.39, 0.29) is 16.1 Å². The second-order valence-electron chi connectivity index (χ2n) is 6.23. The number of carbonyl (C=O) groups is 1. The minimum atomic E-state index is -5.33. The maximum absolute atomic E-state index is 12.1. The quantitative estimate of drug-likeness (QED) is 0.509. The molecule has 0 amide bonds. The van der Waals surface area contributed by atoms with Crippen LogP contribution in [-0.2, 0) is 14.9 Å². The van der Waals surface area contributed by atoms with Crippen LogP contribution in [0, 0.1) is 6.92 Å². The number of azo groups is 1. The lowest BCUT2D eigenvalue weighted by atomic mass is 9.85. The Labute approximate surface area is 165 Å². The minimum absolute atomic E-state index is 0.105. The van der Waals surface area contributed by atoms with E-state index in [1.807, 2.05) is 6.92 Å². The predicted molar refractivity (Wildman–Crippen MR) is 102 cm³/mol. The number of aliphatic hydroxyl groups is 1. The number of aryl methyl sites for hydroxylation is 1. The van der Waals surface area contributed by atoms with Gasteiger partial charge in [-0.2, -0.15) is 18.6 Å². The van der Waals surface area contributed by atoms with Crippen molar-refractivity contribution in [3.63, 3.8) is 0 Å². The number of hydrogen-bond donors (Lipinski definition) is 3. The molecule has 28 heavy (non-hydrogen) atoms. The Kier molecular flexibility index (Phi) is 5.11. The van der Waals surface area contributed by atoms with Crippen molar-refractivity contribution < 1.29 is 28.0 Å². The summed E-state index contributed by atoms with van der Waals surface area (Å²) in [6.07, 6.45) is 0.908. The first-order valence-electron chi connectivity index (χ1n) is 7.96. The summed E-state index contributed by atoms with van der Waals surface area (Å²) in [5.41, 5.74) is 0.595. The lowest BCUT2D eigenvalue weighted by Gasteiger charge is -2.35. The van der Waals surface area contributed by atoms with Crippen LogP contribution in [0.25, 0.3) is 6.08 Å². The number of halogens is 1. The Morgan fingerprint density at radius 3 is 2.39 bits per heavy atom. The number of carboxylic acids is 1.